The maximum absolute atomic E-state index is 12.1. The molecular formula is C20H12N2O9. The van der Waals surface area contributed by atoms with Gasteiger partial charge in [-0.3, -0.25) is 20.2 Å². The summed E-state index contributed by atoms with van der Waals surface area (Å²) >= 11 is 0. The van der Waals surface area contributed by atoms with Crippen LogP contribution in [0.3, 0.4) is 0 Å². The summed E-state index contributed by atoms with van der Waals surface area (Å²) in [7, 11) is 0. The van der Waals surface area contributed by atoms with E-state index in [2.05, 4.69) is 0 Å². The molecule has 11 heteroatoms. The number of benzene rings is 3. The van der Waals surface area contributed by atoms with Crippen LogP contribution in [0.4, 0.5) is 11.4 Å². The lowest BCUT2D eigenvalue weighted by Crippen LogP contribution is -2.10. The molecule has 31 heavy (non-hydrogen) atoms. The Balaban J connectivity index is 1.67. The second-order valence-corrected chi connectivity index (χ2v) is 6.02. The molecule has 0 bridgehead atoms. The fourth-order valence-electron chi connectivity index (χ4n) is 2.41. The molecule has 0 unspecified atom stereocenters. The van der Waals surface area contributed by atoms with E-state index in [-0.39, 0.29) is 34.0 Å². The van der Waals surface area contributed by atoms with Crippen molar-refractivity contribution in [2.75, 3.05) is 0 Å². The zero-order chi connectivity index (χ0) is 22.5. The van der Waals surface area contributed by atoms with Gasteiger partial charge in [-0.05, 0) is 36.4 Å². The van der Waals surface area contributed by atoms with Crippen LogP contribution in [0.1, 0.15) is 20.7 Å². The first kappa shape index (κ1) is 20.9. The Bertz CT molecular complexity index is 1170. The predicted molar refractivity (Wildman–Crippen MR) is 104 cm³/mol. The molecule has 0 radical (unpaired) electrons. The van der Waals surface area contributed by atoms with Crippen LogP contribution in [0.2, 0.25) is 0 Å². The van der Waals surface area contributed by atoms with Crippen LogP contribution < -0.4 is 9.47 Å². The average molecular weight is 424 g/mol. The second-order valence-electron chi connectivity index (χ2n) is 6.02. The lowest BCUT2D eigenvalue weighted by molar-refractivity contribution is -0.385. The topological polar surface area (TPSA) is 159 Å². The minimum atomic E-state index is -0.860. The van der Waals surface area contributed by atoms with Crippen LogP contribution in [0.5, 0.6) is 17.2 Å². The number of phenols is 1. The quantitative estimate of drug-likeness (QED) is 0.270. The van der Waals surface area contributed by atoms with E-state index in [4.69, 9.17) is 9.47 Å². The van der Waals surface area contributed by atoms with Crippen molar-refractivity contribution in [3.8, 4) is 17.2 Å². The van der Waals surface area contributed by atoms with Gasteiger partial charge in [0.1, 0.15) is 5.75 Å². The van der Waals surface area contributed by atoms with Gasteiger partial charge in [0, 0.05) is 30.3 Å². The van der Waals surface area contributed by atoms with E-state index in [1.165, 1.54) is 36.4 Å². The number of aromatic hydroxyl groups is 1. The molecule has 0 aliphatic rings. The number of non-ortho nitro benzene ring substituents is 2. The highest BCUT2D eigenvalue weighted by Gasteiger charge is 2.16. The number of ether oxygens (including phenoxy) is 2. The number of hydrogen-bond acceptors (Lipinski definition) is 9. The molecule has 0 saturated heterocycles. The summed E-state index contributed by atoms with van der Waals surface area (Å²) in [6, 6.07) is 12.9. The number of esters is 2. The smallest absolute Gasteiger partial charge is 0.343 e. The van der Waals surface area contributed by atoms with Crippen molar-refractivity contribution in [2.45, 2.75) is 0 Å². The van der Waals surface area contributed by atoms with Crippen molar-refractivity contribution in [3.05, 3.63) is 98.1 Å². The summed E-state index contributed by atoms with van der Waals surface area (Å²) in [5, 5.41) is 31.4. The van der Waals surface area contributed by atoms with E-state index in [0.717, 1.165) is 30.3 Å². The molecule has 0 spiro atoms. The fraction of sp³-hybridized carbons (Fsp3) is 0. The van der Waals surface area contributed by atoms with E-state index in [1.807, 2.05) is 0 Å². The van der Waals surface area contributed by atoms with Gasteiger partial charge in [-0.25, -0.2) is 9.59 Å². The third kappa shape index (κ3) is 4.98. The second kappa shape index (κ2) is 8.69. The van der Waals surface area contributed by atoms with Gasteiger partial charge in [0.25, 0.3) is 11.4 Å². The van der Waals surface area contributed by atoms with Crippen molar-refractivity contribution in [3.63, 3.8) is 0 Å². The Morgan fingerprint density at radius 1 is 0.710 bits per heavy atom. The highest BCUT2D eigenvalue weighted by molar-refractivity contribution is 5.92. The number of hydrogen-bond donors (Lipinski definition) is 1. The van der Waals surface area contributed by atoms with Gasteiger partial charge in [-0.1, -0.05) is 0 Å². The summed E-state index contributed by atoms with van der Waals surface area (Å²) < 4.78 is 10.1. The van der Waals surface area contributed by atoms with Crippen LogP contribution in [0, 0.1) is 20.2 Å². The largest absolute Gasteiger partial charge is 0.504 e. The Hall–Kier alpha value is -4.80. The van der Waals surface area contributed by atoms with Gasteiger partial charge in [0.05, 0.1) is 21.0 Å². The maximum atomic E-state index is 12.1. The first-order valence-corrected chi connectivity index (χ1v) is 8.51. The lowest BCUT2D eigenvalue weighted by Gasteiger charge is -2.09. The summed E-state index contributed by atoms with van der Waals surface area (Å²) in [4.78, 5) is 44.3. The third-order valence-electron chi connectivity index (χ3n) is 3.97. The number of nitro benzene ring substituents is 2. The summed E-state index contributed by atoms with van der Waals surface area (Å²) in [5.74, 6) is -2.45. The van der Waals surface area contributed by atoms with Crippen LogP contribution in [0.15, 0.2) is 66.7 Å². The number of nitrogens with zero attached hydrogens (tertiary/aromatic N) is 2. The molecule has 0 atom stereocenters. The zero-order valence-electron chi connectivity index (χ0n) is 15.5. The molecule has 0 heterocycles. The number of phenolic OH excluding ortho intramolecular Hbond substituents is 1. The SMILES string of the molecule is O=C(Oc1ccc(OC(=O)c2ccc([N+](=O)[O-])cc2)c(O)c1)c1ccc([N+](=O)[O-])cc1. The molecule has 0 aromatic heterocycles. The van der Waals surface area contributed by atoms with Gasteiger partial charge < -0.3 is 14.6 Å². The summed E-state index contributed by atoms with van der Waals surface area (Å²) in [5.41, 5.74) is -0.301. The Kier molecular flexibility index (Phi) is 5.87. The minimum absolute atomic E-state index is 0.0266. The minimum Gasteiger partial charge on any atom is -0.504 e. The molecule has 0 fully saturated rings. The number of nitro groups is 2. The Labute approximate surface area is 173 Å². The molecule has 1 N–H and O–H groups in total. The summed E-state index contributed by atoms with van der Waals surface area (Å²) in [6.45, 7) is 0. The monoisotopic (exact) mass is 424 g/mol. The molecule has 0 saturated carbocycles. The van der Waals surface area contributed by atoms with Crippen molar-refractivity contribution in [1.82, 2.24) is 0 Å². The lowest BCUT2D eigenvalue weighted by atomic mass is 10.2. The van der Waals surface area contributed by atoms with E-state index in [1.54, 1.807) is 0 Å². The van der Waals surface area contributed by atoms with Crippen molar-refractivity contribution in [1.29, 1.82) is 0 Å². The van der Waals surface area contributed by atoms with Crippen molar-refractivity contribution in [2.24, 2.45) is 0 Å². The molecule has 3 aromatic rings. The molecule has 0 amide bonds. The van der Waals surface area contributed by atoms with Gasteiger partial charge in [0.2, 0.25) is 0 Å². The van der Waals surface area contributed by atoms with Gasteiger partial charge in [-0.15, -0.1) is 0 Å². The Morgan fingerprint density at radius 2 is 1.16 bits per heavy atom. The maximum Gasteiger partial charge on any atom is 0.343 e. The van der Waals surface area contributed by atoms with E-state index >= 15 is 0 Å². The van der Waals surface area contributed by atoms with Gasteiger partial charge in [0.15, 0.2) is 11.5 Å². The molecule has 0 aliphatic heterocycles. The van der Waals surface area contributed by atoms with Crippen molar-refractivity contribution >= 4 is 23.3 Å². The van der Waals surface area contributed by atoms with E-state index in [0.29, 0.717) is 0 Å². The molecule has 3 aromatic carbocycles. The summed E-state index contributed by atoms with van der Waals surface area (Å²) in [6.07, 6.45) is 0. The average Bonchev–Trinajstić information content (AvgIpc) is 2.75. The first-order valence-electron chi connectivity index (χ1n) is 8.51. The van der Waals surface area contributed by atoms with Crippen LogP contribution in [-0.4, -0.2) is 26.9 Å². The fourth-order valence-corrected chi connectivity index (χ4v) is 2.41. The Morgan fingerprint density at radius 3 is 1.58 bits per heavy atom. The first-order chi connectivity index (χ1) is 14.7. The predicted octanol–water partition coefficient (Wildman–Crippen LogP) is 3.65. The molecule has 11 nitrogen and oxygen atoms in total. The molecule has 0 aliphatic carbocycles. The number of rotatable bonds is 6. The van der Waals surface area contributed by atoms with Crippen LogP contribution >= 0.6 is 0 Å². The molecular weight excluding hydrogens is 412 g/mol. The standard InChI is InChI=1S/C20H12N2O9/c23-17-11-16(30-19(24)12-1-5-14(6-2-12)21(26)27)9-10-18(17)31-20(25)13-3-7-15(8-4-13)22(28)29/h1-11,23H. The molecule has 156 valence electrons. The normalized spacial score (nSPS) is 10.2. The highest BCUT2D eigenvalue weighted by atomic mass is 16.6. The number of carbonyl (C=O) groups is 2. The number of carbonyl (C=O) groups excluding carboxylic acids is 2. The van der Waals surface area contributed by atoms with Gasteiger partial charge in [-0.2, -0.15) is 0 Å². The van der Waals surface area contributed by atoms with Crippen LogP contribution in [-0.2, 0) is 0 Å². The zero-order valence-corrected chi connectivity index (χ0v) is 15.5. The van der Waals surface area contributed by atoms with E-state index < -0.39 is 27.5 Å². The highest BCUT2D eigenvalue weighted by Crippen LogP contribution is 2.31. The van der Waals surface area contributed by atoms with Gasteiger partial charge >= 0.3 is 11.9 Å². The van der Waals surface area contributed by atoms with E-state index in [9.17, 15) is 34.9 Å². The van der Waals surface area contributed by atoms with Crippen molar-refractivity contribution < 1.29 is 34.0 Å². The third-order valence-corrected chi connectivity index (χ3v) is 3.97. The van der Waals surface area contributed by atoms with Crippen LogP contribution in [0.25, 0.3) is 0 Å². The molecule has 3 rings (SSSR count).